The van der Waals surface area contributed by atoms with E-state index in [9.17, 15) is 9.59 Å². The Bertz CT molecular complexity index is 822. The van der Waals surface area contributed by atoms with Crippen LogP contribution in [0.15, 0.2) is 36.5 Å². The van der Waals surface area contributed by atoms with Gasteiger partial charge >= 0.3 is 0 Å². The van der Waals surface area contributed by atoms with Gasteiger partial charge in [-0.05, 0) is 43.2 Å². The number of benzene rings is 1. The highest BCUT2D eigenvalue weighted by atomic mass is 16.7. The van der Waals surface area contributed by atoms with Gasteiger partial charge < -0.3 is 20.1 Å². The SMILES string of the molecule is CCC(C)NC(=O)c1ccnc(C(=O)NCc2ccc3c(c2)OCO3)c1. The van der Waals surface area contributed by atoms with E-state index in [1.54, 1.807) is 6.07 Å². The summed E-state index contributed by atoms with van der Waals surface area (Å²) in [5, 5.41) is 5.66. The van der Waals surface area contributed by atoms with Gasteiger partial charge in [-0.15, -0.1) is 0 Å². The van der Waals surface area contributed by atoms with Crippen molar-refractivity contribution in [2.24, 2.45) is 0 Å². The Morgan fingerprint density at radius 3 is 2.77 bits per heavy atom. The Morgan fingerprint density at radius 2 is 1.96 bits per heavy atom. The highest BCUT2D eigenvalue weighted by Gasteiger charge is 2.15. The van der Waals surface area contributed by atoms with E-state index in [-0.39, 0.29) is 30.3 Å². The molecule has 2 heterocycles. The Morgan fingerprint density at radius 1 is 1.15 bits per heavy atom. The lowest BCUT2D eigenvalue weighted by Gasteiger charge is -2.11. The smallest absolute Gasteiger partial charge is 0.270 e. The third-order valence-electron chi connectivity index (χ3n) is 4.13. The number of hydrogen-bond acceptors (Lipinski definition) is 5. The van der Waals surface area contributed by atoms with Gasteiger partial charge in [-0.25, -0.2) is 0 Å². The van der Waals surface area contributed by atoms with Crippen molar-refractivity contribution < 1.29 is 19.1 Å². The standard InChI is InChI=1S/C19H21N3O4/c1-3-12(2)22-18(23)14-6-7-20-15(9-14)19(24)21-10-13-4-5-16-17(8-13)26-11-25-16/h4-9,12H,3,10-11H2,1-2H3,(H,21,24)(H,22,23). The van der Waals surface area contributed by atoms with E-state index in [4.69, 9.17) is 9.47 Å². The zero-order valence-corrected chi connectivity index (χ0v) is 14.7. The van der Waals surface area contributed by atoms with Crippen molar-refractivity contribution in [3.63, 3.8) is 0 Å². The number of carbonyl (C=O) groups is 2. The maximum atomic E-state index is 12.3. The first-order valence-corrected chi connectivity index (χ1v) is 8.50. The molecule has 0 spiro atoms. The summed E-state index contributed by atoms with van der Waals surface area (Å²) in [5.74, 6) is 0.799. The van der Waals surface area contributed by atoms with E-state index in [1.807, 2.05) is 32.0 Å². The molecule has 1 aliphatic rings. The molecule has 7 heteroatoms. The van der Waals surface area contributed by atoms with Gasteiger partial charge in [0.25, 0.3) is 11.8 Å². The van der Waals surface area contributed by atoms with Crippen LogP contribution < -0.4 is 20.1 Å². The van der Waals surface area contributed by atoms with Crippen molar-refractivity contribution in [1.82, 2.24) is 15.6 Å². The predicted molar refractivity (Wildman–Crippen MR) is 95.2 cm³/mol. The number of hydrogen-bond donors (Lipinski definition) is 2. The largest absolute Gasteiger partial charge is 0.454 e. The van der Waals surface area contributed by atoms with Gasteiger partial charge in [0.15, 0.2) is 11.5 Å². The fourth-order valence-corrected chi connectivity index (χ4v) is 2.43. The number of aromatic nitrogens is 1. The average Bonchev–Trinajstić information content (AvgIpc) is 3.13. The molecule has 0 fully saturated rings. The fourth-order valence-electron chi connectivity index (χ4n) is 2.43. The molecule has 0 aliphatic carbocycles. The molecular formula is C19H21N3O4. The van der Waals surface area contributed by atoms with Gasteiger partial charge in [0.05, 0.1) is 0 Å². The van der Waals surface area contributed by atoms with Crippen LogP contribution in [-0.2, 0) is 6.54 Å². The number of fused-ring (bicyclic) bond motifs is 1. The number of ether oxygens (including phenoxy) is 2. The van der Waals surface area contributed by atoms with Crippen LogP contribution in [0.5, 0.6) is 11.5 Å². The molecule has 136 valence electrons. The summed E-state index contributed by atoms with van der Waals surface area (Å²) >= 11 is 0. The Hall–Kier alpha value is -3.09. The Kier molecular flexibility index (Phi) is 5.36. The second kappa shape index (κ2) is 7.86. The lowest BCUT2D eigenvalue weighted by Crippen LogP contribution is -2.32. The number of pyridine rings is 1. The van der Waals surface area contributed by atoms with Gasteiger partial charge in [0.2, 0.25) is 6.79 Å². The first kappa shape index (κ1) is 17.7. The number of nitrogens with one attached hydrogen (secondary N) is 2. The topological polar surface area (TPSA) is 89.6 Å². The van der Waals surface area contributed by atoms with Crippen molar-refractivity contribution in [3.05, 3.63) is 53.3 Å². The lowest BCUT2D eigenvalue weighted by atomic mass is 10.1. The average molecular weight is 355 g/mol. The maximum absolute atomic E-state index is 12.3. The first-order chi connectivity index (χ1) is 12.6. The number of amides is 2. The molecular weight excluding hydrogens is 334 g/mol. The highest BCUT2D eigenvalue weighted by molar-refractivity contribution is 5.98. The zero-order chi connectivity index (χ0) is 18.5. The molecule has 1 atom stereocenters. The predicted octanol–water partition coefficient (Wildman–Crippen LogP) is 2.27. The summed E-state index contributed by atoms with van der Waals surface area (Å²) in [6.07, 6.45) is 2.29. The van der Waals surface area contributed by atoms with Crippen molar-refractivity contribution in [2.75, 3.05) is 6.79 Å². The summed E-state index contributed by atoms with van der Waals surface area (Å²) < 4.78 is 10.6. The summed E-state index contributed by atoms with van der Waals surface area (Å²) in [5.41, 5.74) is 1.49. The van der Waals surface area contributed by atoms with Crippen LogP contribution in [0.25, 0.3) is 0 Å². The van der Waals surface area contributed by atoms with Crippen LogP contribution in [0, 0.1) is 0 Å². The van der Waals surface area contributed by atoms with E-state index in [0.29, 0.717) is 23.6 Å². The summed E-state index contributed by atoms with van der Waals surface area (Å²) in [6.45, 7) is 4.45. The van der Waals surface area contributed by atoms with E-state index < -0.39 is 0 Å². The molecule has 2 amide bonds. The van der Waals surface area contributed by atoms with Crippen LogP contribution >= 0.6 is 0 Å². The molecule has 0 radical (unpaired) electrons. The molecule has 2 N–H and O–H groups in total. The quantitative estimate of drug-likeness (QED) is 0.830. The first-order valence-electron chi connectivity index (χ1n) is 8.50. The minimum atomic E-state index is -0.346. The van der Waals surface area contributed by atoms with Gasteiger partial charge in [0, 0.05) is 24.3 Å². The third kappa shape index (κ3) is 4.11. The molecule has 1 aromatic heterocycles. The molecule has 3 rings (SSSR count). The van der Waals surface area contributed by atoms with Crippen molar-refractivity contribution in [1.29, 1.82) is 0 Å². The van der Waals surface area contributed by atoms with E-state index in [1.165, 1.54) is 12.3 Å². The van der Waals surface area contributed by atoms with E-state index in [0.717, 1.165) is 12.0 Å². The van der Waals surface area contributed by atoms with Crippen LogP contribution in [0.3, 0.4) is 0 Å². The van der Waals surface area contributed by atoms with E-state index in [2.05, 4.69) is 15.6 Å². The summed E-state index contributed by atoms with van der Waals surface area (Å²) in [6, 6.07) is 8.64. The Labute approximate surface area is 151 Å². The normalized spacial score (nSPS) is 13.2. The third-order valence-corrected chi connectivity index (χ3v) is 4.13. The van der Waals surface area contributed by atoms with Crippen molar-refractivity contribution in [3.8, 4) is 11.5 Å². The van der Waals surface area contributed by atoms with Crippen molar-refractivity contribution >= 4 is 11.8 Å². The van der Waals surface area contributed by atoms with E-state index >= 15 is 0 Å². The minimum Gasteiger partial charge on any atom is -0.454 e. The van der Waals surface area contributed by atoms with Crippen LogP contribution in [0.2, 0.25) is 0 Å². The monoisotopic (exact) mass is 355 g/mol. The number of rotatable bonds is 6. The number of carbonyl (C=O) groups excluding carboxylic acids is 2. The van der Waals surface area contributed by atoms with Gasteiger partial charge in [-0.3, -0.25) is 14.6 Å². The number of nitrogens with zero attached hydrogens (tertiary/aromatic N) is 1. The summed E-state index contributed by atoms with van der Waals surface area (Å²) in [4.78, 5) is 28.6. The van der Waals surface area contributed by atoms with Crippen LogP contribution in [-0.4, -0.2) is 29.6 Å². The zero-order valence-electron chi connectivity index (χ0n) is 14.7. The molecule has 7 nitrogen and oxygen atoms in total. The molecule has 1 aliphatic heterocycles. The van der Waals surface area contributed by atoms with Gasteiger partial charge in [0.1, 0.15) is 5.69 Å². The fraction of sp³-hybridized carbons (Fsp3) is 0.316. The van der Waals surface area contributed by atoms with Crippen LogP contribution in [0.4, 0.5) is 0 Å². The molecule has 26 heavy (non-hydrogen) atoms. The van der Waals surface area contributed by atoms with Crippen LogP contribution in [0.1, 0.15) is 46.7 Å². The molecule has 0 saturated carbocycles. The summed E-state index contributed by atoms with van der Waals surface area (Å²) in [7, 11) is 0. The van der Waals surface area contributed by atoms with Crippen molar-refractivity contribution in [2.45, 2.75) is 32.9 Å². The Balaban J connectivity index is 1.63. The highest BCUT2D eigenvalue weighted by Crippen LogP contribution is 2.32. The molecule has 0 bridgehead atoms. The lowest BCUT2D eigenvalue weighted by molar-refractivity contribution is 0.0939. The molecule has 0 saturated heterocycles. The molecule has 2 aromatic rings. The second-order valence-corrected chi connectivity index (χ2v) is 6.08. The minimum absolute atomic E-state index is 0.0685. The molecule has 1 aromatic carbocycles. The van der Waals surface area contributed by atoms with Gasteiger partial charge in [-0.1, -0.05) is 13.0 Å². The van der Waals surface area contributed by atoms with Gasteiger partial charge in [-0.2, -0.15) is 0 Å². The maximum Gasteiger partial charge on any atom is 0.270 e. The second-order valence-electron chi connectivity index (χ2n) is 6.08. The molecule has 1 unspecified atom stereocenters.